The van der Waals surface area contributed by atoms with Gasteiger partial charge in [-0.2, -0.15) is 12.1 Å². The van der Waals surface area contributed by atoms with Crippen molar-refractivity contribution in [2.45, 2.75) is 66.8 Å². The maximum atomic E-state index is 9.53. The van der Waals surface area contributed by atoms with Crippen molar-refractivity contribution in [1.82, 2.24) is 0 Å². The summed E-state index contributed by atoms with van der Waals surface area (Å²) in [6.45, 7) is 11.8. The molecule has 2 rings (SSSR count). The van der Waals surface area contributed by atoms with Crippen molar-refractivity contribution < 1.29 is 37.0 Å². The molecule has 0 amide bonds. The molecule has 0 N–H and O–H groups in total. The number of hydrogen-bond donors (Lipinski definition) is 0. The monoisotopic (exact) mass is 354 g/mol. The summed E-state index contributed by atoms with van der Waals surface area (Å²) in [5.41, 5.74) is 1.36. The summed E-state index contributed by atoms with van der Waals surface area (Å²) in [6.07, 6.45) is -1.25. The molecule has 0 aliphatic carbocycles. The number of benzene rings is 1. The standard InChI is InChI=1S/C10H9.3C3H7O.Ti/c1-8-4-2-5-9-6-3-7-10(8)9;3*1-3(2)4;/h2-7H,1H3;3*3H,1-2H3;/q4*-1;+4. The molecule has 0 aromatic heterocycles. The van der Waals surface area contributed by atoms with E-state index in [2.05, 4.69) is 43.3 Å². The van der Waals surface area contributed by atoms with E-state index in [4.69, 9.17) is 0 Å². The molecule has 0 fully saturated rings. The van der Waals surface area contributed by atoms with E-state index in [0.29, 0.717) is 0 Å². The van der Waals surface area contributed by atoms with Crippen molar-refractivity contribution in [2.75, 3.05) is 0 Å². The van der Waals surface area contributed by atoms with Gasteiger partial charge >= 0.3 is 21.7 Å². The van der Waals surface area contributed by atoms with Crippen molar-refractivity contribution in [3.05, 3.63) is 42.0 Å². The summed E-state index contributed by atoms with van der Waals surface area (Å²) in [5.74, 6) is 0. The topological polar surface area (TPSA) is 69.2 Å². The molecule has 0 atom stereocenters. The van der Waals surface area contributed by atoms with Gasteiger partial charge in [0, 0.05) is 0 Å². The van der Waals surface area contributed by atoms with E-state index in [0.717, 1.165) is 0 Å². The van der Waals surface area contributed by atoms with E-state index in [9.17, 15) is 15.3 Å². The van der Waals surface area contributed by atoms with Gasteiger partial charge in [-0.05, 0) is 6.92 Å². The van der Waals surface area contributed by atoms with Crippen LogP contribution in [-0.4, -0.2) is 18.3 Å². The predicted octanol–water partition coefficient (Wildman–Crippen LogP) is 2.13. The molecule has 3 nitrogen and oxygen atoms in total. The first-order chi connectivity index (χ1) is 10.1. The van der Waals surface area contributed by atoms with Crippen LogP contribution in [0, 0.1) is 6.92 Å². The Bertz CT molecular complexity index is 454. The molecule has 2 aromatic rings. The molecule has 0 saturated heterocycles. The van der Waals surface area contributed by atoms with Gasteiger partial charge in [0.25, 0.3) is 0 Å². The molecular formula is C19H30O3Ti. The van der Waals surface area contributed by atoms with Crippen LogP contribution in [-0.2, 0) is 21.7 Å². The Morgan fingerprint density at radius 2 is 1.17 bits per heavy atom. The fraction of sp³-hybridized carbons (Fsp3) is 0.526. The van der Waals surface area contributed by atoms with Gasteiger partial charge < -0.3 is 15.3 Å². The number of rotatable bonds is 0. The fourth-order valence-electron chi connectivity index (χ4n) is 1.32. The average molecular weight is 354 g/mol. The molecule has 0 saturated carbocycles. The van der Waals surface area contributed by atoms with Crippen molar-refractivity contribution in [3.63, 3.8) is 0 Å². The minimum atomic E-state index is -0.417. The van der Waals surface area contributed by atoms with E-state index >= 15 is 0 Å². The largest absolute Gasteiger partial charge is 4.00 e. The first-order valence-corrected chi connectivity index (χ1v) is 7.66. The Balaban J connectivity index is -0.000000264. The second kappa shape index (κ2) is 16.3. The molecule has 0 unspecified atom stereocenters. The SMILES string of the molecule is CC(C)[O-].CC(C)[O-].CC(C)[O-].Cc1cccc2[cH-]ccc12.[Ti+4]. The molecule has 4 heteroatoms. The molecule has 0 bridgehead atoms. The van der Waals surface area contributed by atoms with Gasteiger partial charge in [-0.15, -0.1) is 47.3 Å². The first kappa shape index (κ1) is 27.3. The zero-order valence-electron chi connectivity index (χ0n) is 15.4. The molecular weight excluding hydrogens is 324 g/mol. The molecule has 0 heterocycles. The molecule has 2 aromatic carbocycles. The molecule has 0 radical (unpaired) electrons. The molecule has 0 aliphatic heterocycles. The molecule has 23 heavy (non-hydrogen) atoms. The van der Waals surface area contributed by atoms with E-state index < -0.39 is 18.3 Å². The summed E-state index contributed by atoms with van der Waals surface area (Å²) in [5, 5.41) is 31.3. The van der Waals surface area contributed by atoms with Crippen LogP contribution in [0.2, 0.25) is 0 Å². The maximum absolute atomic E-state index is 9.53. The van der Waals surface area contributed by atoms with Crippen LogP contribution in [0.4, 0.5) is 0 Å². The van der Waals surface area contributed by atoms with E-state index in [1.165, 1.54) is 16.3 Å². The van der Waals surface area contributed by atoms with Crippen LogP contribution < -0.4 is 15.3 Å². The minimum absolute atomic E-state index is 0. The van der Waals surface area contributed by atoms with E-state index in [-0.39, 0.29) is 21.7 Å². The Morgan fingerprint density at radius 1 is 0.783 bits per heavy atom. The first-order valence-electron chi connectivity index (χ1n) is 7.66. The van der Waals surface area contributed by atoms with Crippen molar-refractivity contribution >= 4 is 10.8 Å². The molecule has 0 spiro atoms. The van der Waals surface area contributed by atoms with Gasteiger partial charge in [-0.3, -0.25) is 0 Å². The molecule has 0 aliphatic rings. The zero-order chi connectivity index (χ0) is 17.7. The second-order valence-corrected chi connectivity index (χ2v) is 5.75. The third-order valence-corrected chi connectivity index (χ3v) is 1.90. The smallest absolute Gasteiger partial charge is 0.852 e. The van der Waals surface area contributed by atoms with Crippen LogP contribution in [0.3, 0.4) is 0 Å². The Morgan fingerprint density at radius 3 is 1.52 bits per heavy atom. The predicted molar refractivity (Wildman–Crippen MR) is 89.7 cm³/mol. The summed E-state index contributed by atoms with van der Waals surface area (Å²) in [4.78, 5) is 0. The minimum Gasteiger partial charge on any atom is -0.852 e. The summed E-state index contributed by atoms with van der Waals surface area (Å²) in [6, 6.07) is 12.8. The maximum Gasteiger partial charge on any atom is 4.00 e. The van der Waals surface area contributed by atoms with Crippen molar-refractivity contribution in [2.24, 2.45) is 0 Å². The average Bonchev–Trinajstić information content (AvgIpc) is 2.76. The fourth-order valence-corrected chi connectivity index (χ4v) is 1.32. The Kier molecular flexibility index (Phi) is 19.3. The Hall–Kier alpha value is -0.576. The molecule has 128 valence electrons. The van der Waals surface area contributed by atoms with Gasteiger partial charge in [-0.1, -0.05) is 53.2 Å². The third kappa shape index (κ3) is 21.4. The summed E-state index contributed by atoms with van der Waals surface area (Å²) >= 11 is 0. The summed E-state index contributed by atoms with van der Waals surface area (Å²) in [7, 11) is 0. The number of hydrogen-bond acceptors (Lipinski definition) is 3. The normalized spacial score (nSPS) is 9.26. The van der Waals surface area contributed by atoms with Crippen LogP contribution in [0.1, 0.15) is 47.1 Å². The zero-order valence-corrected chi connectivity index (χ0v) is 17.0. The van der Waals surface area contributed by atoms with Crippen LogP contribution >= 0.6 is 0 Å². The second-order valence-electron chi connectivity index (χ2n) is 5.75. The van der Waals surface area contributed by atoms with Gasteiger partial charge in [0.15, 0.2) is 0 Å². The van der Waals surface area contributed by atoms with Gasteiger partial charge in [0.2, 0.25) is 0 Å². The van der Waals surface area contributed by atoms with Gasteiger partial charge in [0.05, 0.1) is 0 Å². The van der Waals surface area contributed by atoms with Gasteiger partial charge in [0.1, 0.15) is 0 Å². The summed E-state index contributed by atoms with van der Waals surface area (Å²) < 4.78 is 0. The van der Waals surface area contributed by atoms with Crippen LogP contribution in [0.15, 0.2) is 36.4 Å². The van der Waals surface area contributed by atoms with E-state index in [1.54, 1.807) is 41.5 Å². The Labute approximate surface area is 156 Å². The van der Waals surface area contributed by atoms with Crippen LogP contribution in [0.5, 0.6) is 0 Å². The van der Waals surface area contributed by atoms with Crippen molar-refractivity contribution in [1.29, 1.82) is 0 Å². The van der Waals surface area contributed by atoms with Crippen LogP contribution in [0.25, 0.3) is 10.8 Å². The quantitative estimate of drug-likeness (QED) is 0.538. The van der Waals surface area contributed by atoms with E-state index in [1.807, 2.05) is 0 Å². The number of aryl methyl sites for hydroxylation is 1. The van der Waals surface area contributed by atoms with Gasteiger partial charge in [-0.25, -0.2) is 0 Å². The number of fused-ring (bicyclic) bond motifs is 1. The van der Waals surface area contributed by atoms with Crippen molar-refractivity contribution in [3.8, 4) is 0 Å². The third-order valence-electron chi connectivity index (χ3n) is 1.90.